The Morgan fingerprint density at radius 1 is 1.19 bits per heavy atom. The molecule has 0 aliphatic carbocycles. The molecule has 83 valence electrons. The topological polar surface area (TPSA) is 0 Å². The quantitative estimate of drug-likeness (QED) is 0.512. The van der Waals surface area contributed by atoms with Crippen molar-refractivity contribution in [2.24, 2.45) is 0 Å². The van der Waals surface area contributed by atoms with Crippen molar-refractivity contribution in [3.63, 3.8) is 0 Å². The minimum atomic E-state index is -0.595. The molecule has 1 heteroatoms. The summed E-state index contributed by atoms with van der Waals surface area (Å²) in [4.78, 5) is 0. The van der Waals surface area contributed by atoms with Crippen molar-refractivity contribution in [1.82, 2.24) is 0 Å². The minimum Gasteiger partial charge on any atom is -0.103 e. The molecule has 1 aromatic rings. The predicted octanol–water partition coefficient (Wildman–Crippen LogP) is 3.79. The van der Waals surface area contributed by atoms with Crippen LogP contribution in [0.3, 0.4) is 0 Å². The molecule has 0 bridgehead atoms. The number of hydrogen-bond donors (Lipinski definition) is 0. The van der Waals surface area contributed by atoms with Gasteiger partial charge in [0.05, 0.1) is 8.80 Å². The van der Waals surface area contributed by atoms with Gasteiger partial charge in [0, 0.05) is 0 Å². The van der Waals surface area contributed by atoms with Crippen LogP contribution in [0.2, 0.25) is 12.1 Å². The molecule has 16 heavy (non-hydrogen) atoms. The summed E-state index contributed by atoms with van der Waals surface area (Å²) in [6.45, 7) is 13.8. The molecule has 0 saturated carbocycles. The van der Waals surface area contributed by atoms with Gasteiger partial charge in [-0.25, -0.2) is 0 Å². The third-order valence-electron chi connectivity index (χ3n) is 2.55. The van der Waals surface area contributed by atoms with E-state index in [4.69, 9.17) is 0 Å². The van der Waals surface area contributed by atoms with Crippen molar-refractivity contribution in [2.45, 2.75) is 19.0 Å². The lowest BCUT2D eigenvalue weighted by Crippen LogP contribution is -2.31. The second-order valence-electron chi connectivity index (χ2n) is 3.92. The normalized spacial score (nSPS) is 10.1. The third-order valence-corrected chi connectivity index (χ3v) is 5.31. The first-order chi connectivity index (χ1) is 7.70. The molecule has 0 heterocycles. The van der Waals surface area contributed by atoms with Crippen molar-refractivity contribution >= 4 is 19.6 Å². The molecule has 0 aliphatic rings. The number of benzene rings is 1. The minimum absolute atomic E-state index is 0.595. The van der Waals surface area contributed by atoms with Crippen molar-refractivity contribution in [3.05, 3.63) is 61.7 Å². The lowest BCUT2D eigenvalue weighted by Gasteiger charge is -2.16. The zero-order chi connectivity index (χ0) is 12.0. The van der Waals surface area contributed by atoms with Crippen LogP contribution in [0.25, 0.3) is 5.57 Å². The summed E-state index contributed by atoms with van der Waals surface area (Å²) in [5.74, 6) is 0. The Bertz CT molecular complexity index is 380. The summed E-state index contributed by atoms with van der Waals surface area (Å²) in [5, 5.41) is 1.46. The van der Waals surface area contributed by atoms with Crippen LogP contribution in [0.15, 0.2) is 56.2 Å². The van der Waals surface area contributed by atoms with Gasteiger partial charge < -0.3 is 0 Å². The van der Waals surface area contributed by atoms with Crippen LogP contribution >= 0.6 is 0 Å². The molecule has 0 nitrogen and oxygen atoms in total. The number of rotatable bonds is 6. The van der Waals surface area contributed by atoms with E-state index >= 15 is 0 Å². The summed E-state index contributed by atoms with van der Waals surface area (Å²) >= 11 is 0. The molecule has 1 rings (SSSR count). The van der Waals surface area contributed by atoms with E-state index in [0.29, 0.717) is 0 Å². The Balaban J connectivity index is 3.11. The van der Waals surface area contributed by atoms with E-state index in [1.54, 1.807) is 0 Å². The van der Waals surface area contributed by atoms with E-state index in [1.807, 2.05) is 12.2 Å². The first kappa shape index (κ1) is 12.7. The van der Waals surface area contributed by atoms with Crippen molar-refractivity contribution in [3.8, 4) is 0 Å². The second kappa shape index (κ2) is 6.29. The highest BCUT2D eigenvalue weighted by Crippen LogP contribution is 2.13. The fourth-order valence-electron chi connectivity index (χ4n) is 1.82. The highest BCUT2D eigenvalue weighted by molar-refractivity contribution is 6.74. The van der Waals surface area contributed by atoms with Crippen LogP contribution < -0.4 is 5.19 Å². The average Bonchev–Trinajstić information content (AvgIpc) is 2.29. The maximum absolute atomic E-state index is 4.05. The lowest BCUT2D eigenvalue weighted by molar-refractivity contribution is 1.52. The standard InChI is InChI=1S/C15H19Si/c1-5-11-16(12-6-2)15-10-8-7-9-14(15)13(3)4/h5-10H,1-3,11-12H2,4H3. The van der Waals surface area contributed by atoms with Gasteiger partial charge in [0.1, 0.15) is 0 Å². The Kier molecular flexibility index (Phi) is 5.00. The van der Waals surface area contributed by atoms with Gasteiger partial charge in [-0.2, -0.15) is 0 Å². The van der Waals surface area contributed by atoms with Crippen LogP contribution in [0.5, 0.6) is 0 Å². The zero-order valence-corrected chi connectivity index (χ0v) is 11.0. The molecule has 0 atom stereocenters. The molecule has 0 saturated heterocycles. The SMILES string of the molecule is C=CC[Si](CC=C)c1ccccc1C(=C)C. The molecule has 0 unspecified atom stereocenters. The van der Waals surface area contributed by atoms with Gasteiger partial charge in [0.2, 0.25) is 0 Å². The van der Waals surface area contributed by atoms with E-state index in [0.717, 1.165) is 17.7 Å². The Morgan fingerprint density at radius 3 is 2.25 bits per heavy atom. The van der Waals surface area contributed by atoms with E-state index in [2.05, 4.69) is 50.9 Å². The van der Waals surface area contributed by atoms with Gasteiger partial charge in [-0.15, -0.1) is 13.2 Å². The highest BCUT2D eigenvalue weighted by atomic mass is 28.3. The molecule has 0 aliphatic heterocycles. The van der Waals surface area contributed by atoms with Crippen molar-refractivity contribution in [2.75, 3.05) is 0 Å². The molecule has 0 fully saturated rings. The summed E-state index contributed by atoms with van der Waals surface area (Å²) in [7, 11) is -0.595. The maximum atomic E-state index is 4.05. The van der Waals surface area contributed by atoms with Gasteiger partial charge in [-0.05, 0) is 24.6 Å². The molecular weight excluding hydrogens is 208 g/mol. The molecule has 0 aromatic heterocycles. The van der Waals surface area contributed by atoms with Gasteiger partial charge in [-0.1, -0.05) is 53.8 Å². The maximum Gasteiger partial charge on any atom is 0.0942 e. The number of allylic oxidation sites excluding steroid dienone is 3. The summed E-state index contributed by atoms with van der Waals surface area (Å²) in [6.07, 6.45) is 4.04. The predicted molar refractivity (Wildman–Crippen MR) is 76.5 cm³/mol. The fraction of sp³-hybridized carbons (Fsp3) is 0.200. The van der Waals surface area contributed by atoms with E-state index in [-0.39, 0.29) is 0 Å². The van der Waals surface area contributed by atoms with Crippen molar-refractivity contribution < 1.29 is 0 Å². The molecule has 1 aromatic carbocycles. The Morgan fingerprint density at radius 2 is 1.75 bits per heavy atom. The summed E-state index contributed by atoms with van der Waals surface area (Å²) in [6, 6.07) is 10.7. The van der Waals surface area contributed by atoms with Crippen molar-refractivity contribution in [1.29, 1.82) is 0 Å². The highest BCUT2D eigenvalue weighted by Gasteiger charge is 2.14. The Labute approximate surface area is 101 Å². The molecular formula is C15H19Si. The largest absolute Gasteiger partial charge is 0.103 e. The monoisotopic (exact) mass is 227 g/mol. The van der Waals surface area contributed by atoms with Gasteiger partial charge in [0.15, 0.2) is 0 Å². The van der Waals surface area contributed by atoms with Crippen LogP contribution in [0.4, 0.5) is 0 Å². The molecule has 0 spiro atoms. The molecule has 0 N–H and O–H groups in total. The van der Waals surface area contributed by atoms with Crippen LogP contribution in [0.1, 0.15) is 12.5 Å². The first-order valence-corrected chi connectivity index (χ1v) is 7.44. The van der Waals surface area contributed by atoms with E-state index in [1.165, 1.54) is 10.8 Å². The first-order valence-electron chi connectivity index (χ1n) is 5.52. The van der Waals surface area contributed by atoms with Crippen LogP contribution in [-0.4, -0.2) is 8.80 Å². The zero-order valence-electron chi connectivity index (χ0n) is 10.00. The Hall–Kier alpha value is -1.34. The van der Waals surface area contributed by atoms with Crippen LogP contribution in [0, 0.1) is 0 Å². The second-order valence-corrected chi connectivity index (χ2v) is 6.48. The van der Waals surface area contributed by atoms with Gasteiger partial charge in [-0.3, -0.25) is 0 Å². The average molecular weight is 227 g/mol. The fourth-order valence-corrected chi connectivity index (χ4v) is 4.13. The van der Waals surface area contributed by atoms with E-state index < -0.39 is 8.80 Å². The summed E-state index contributed by atoms with van der Waals surface area (Å²) < 4.78 is 0. The smallest absolute Gasteiger partial charge is 0.0942 e. The van der Waals surface area contributed by atoms with E-state index in [9.17, 15) is 0 Å². The third kappa shape index (κ3) is 3.07. The molecule has 1 radical (unpaired) electrons. The molecule has 0 amide bonds. The van der Waals surface area contributed by atoms with Gasteiger partial charge in [0.25, 0.3) is 0 Å². The summed E-state index contributed by atoms with van der Waals surface area (Å²) in [5.41, 5.74) is 2.45. The van der Waals surface area contributed by atoms with Crippen LogP contribution in [-0.2, 0) is 0 Å². The lowest BCUT2D eigenvalue weighted by atomic mass is 10.1. The number of hydrogen-bond acceptors (Lipinski definition) is 0. The van der Waals surface area contributed by atoms with Gasteiger partial charge >= 0.3 is 0 Å².